The minimum Gasteiger partial charge on any atom is -0.497 e. The first-order valence-electron chi connectivity index (χ1n) is 8.86. The van der Waals surface area contributed by atoms with Crippen molar-refractivity contribution in [3.05, 3.63) is 58.9 Å². The molecule has 2 aromatic carbocycles. The number of piperazine rings is 1. The van der Waals surface area contributed by atoms with Crippen LogP contribution in [-0.4, -0.2) is 55.5 Å². The Labute approximate surface area is 163 Å². The molecule has 3 rings (SSSR count). The molecule has 1 N–H and O–H groups in total. The summed E-state index contributed by atoms with van der Waals surface area (Å²) >= 11 is 5.74. The zero-order valence-corrected chi connectivity index (χ0v) is 16.0. The number of hydrogen-bond acceptors (Lipinski definition) is 4. The van der Waals surface area contributed by atoms with Gasteiger partial charge in [0, 0.05) is 38.4 Å². The molecule has 0 spiro atoms. The Kier molecular flexibility index (Phi) is 6.66. The van der Waals surface area contributed by atoms with Gasteiger partial charge in [-0.1, -0.05) is 23.7 Å². The second-order valence-electron chi connectivity index (χ2n) is 6.58. The van der Waals surface area contributed by atoms with Gasteiger partial charge >= 0.3 is 0 Å². The van der Waals surface area contributed by atoms with Crippen LogP contribution in [0.5, 0.6) is 5.75 Å². The van der Waals surface area contributed by atoms with Gasteiger partial charge in [-0.2, -0.15) is 0 Å². The van der Waals surface area contributed by atoms with Crippen LogP contribution in [0, 0.1) is 5.82 Å². The first-order chi connectivity index (χ1) is 13.0. The van der Waals surface area contributed by atoms with E-state index in [0.717, 1.165) is 38.5 Å². The van der Waals surface area contributed by atoms with Crippen molar-refractivity contribution in [3.8, 4) is 5.75 Å². The third kappa shape index (κ3) is 5.66. The van der Waals surface area contributed by atoms with Gasteiger partial charge in [-0.3, -0.25) is 14.6 Å². The lowest BCUT2D eigenvalue weighted by Gasteiger charge is -2.34. The zero-order valence-electron chi connectivity index (χ0n) is 15.3. The van der Waals surface area contributed by atoms with Crippen LogP contribution in [0.3, 0.4) is 0 Å². The van der Waals surface area contributed by atoms with Gasteiger partial charge in [0.05, 0.1) is 18.7 Å². The smallest absolute Gasteiger partial charge is 0.238 e. The number of carbonyl (C=O) groups excluding carboxylic acids is 1. The maximum Gasteiger partial charge on any atom is 0.238 e. The van der Waals surface area contributed by atoms with Crippen LogP contribution < -0.4 is 10.1 Å². The van der Waals surface area contributed by atoms with Crippen molar-refractivity contribution >= 4 is 23.2 Å². The lowest BCUT2D eigenvalue weighted by atomic mass is 10.2. The minimum absolute atomic E-state index is 0.000966. The molecule has 0 aromatic heterocycles. The standard InChI is InChI=1S/C20H23ClFN3O2/c1-27-17-4-2-3-15(11-17)13-24-7-9-25(10-8-24)14-20(26)23-16-5-6-19(22)18(21)12-16/h2-6,11-12H,7-10,13-14H2,1H3,(H,23,26). The van der Waals surface area contributed by atoms with Crippen molar-refractivity contribution in [1.82, 2.24) is 9.80 Å². The summed E-state index contributed by atoms with van der Waals surface area (Å²) in [7, 11) is 1.67. The van der Waals surface area contributed by atoms with E-state index >= 15 is 0 Å². The van der Waals surface area contributed by atoms with Gasteiger partial charge in [-0.25, -0.2) is 4.39 Å². The van der Waals surface area contributed by atoms with Crippen LogP contribution >= 0.6 is 11.6 Å². The number of ether oxygens (including phenoxy) is 1. The maximum atomic E-state index is 13.2. The summed E-state index contributed by atoms with van der Waals surface area (Å²) in [5.41, 5.74) is 1.72. The highest BCUT2D eigenvalue weighted by atomic mass is 35.5. The fourth-order valence-corrected chi connectivity index (χ4v) is 3.29. The Balaban J connectivity index is 1.44. The molecule has 27 heavy (non-hydrogen) atoms. The molecule has 1 fully saturated rings. The van der Waals surface area contributed by atoms with Crippen LogP contribution in [0.25, 0.3) is 0 Å². The molecule has 0 radical (unpaired) electrons. The molecule has 1 heterocycles. The van der Waals surface area contributed by atoms with E-state index in [0.29, 0.717) is 12.2 Å². The highest BCUT2D eigenvalue weighted by Gasteiger charge is 2.19. The van der Waals surface area contributed by atoms with Crippen molar-refractivity contribution in [3.63, 3.8) is 0 Å². The fourth-order valence-electron chi connectivity index (χ4n) is 3.11. The van der Waals surface area contributed by atoms with E-state index in [2.05, 4.69) is 21.2 Å². The van der Waals surface area contributed by atoms with E-state index in [9.17, 15) is 9.18 Å². The van der Waals surface area contributed by atoms with Crippen LogP contribution in [0.4, 0.5) is 10.1 Å². The Morgan fingerprint density at radius 3 is 2.59 bits per heavy atom. The Morgan fingerprint density at radius 1 is 1.15 bits per heavy atom. The van der Waals surface area contributed by atoms with E-state index < -0.39 is 5.82 Å². The number of hydrogen-bond donors (Lipinski definition) is 1. The highest BCUT2D eigenvalue weighted by Crippen LogP contribution is 2.19. The molecule has 0 aliphatic carbocycles. The fraction of sp³-hybridized carbons (Fsp3) is 0.350. The lowest BCUT2D eigenvalue weighted by molar-refractivity contribution is -0.117. The first-order valence-corrected chi connectivity index (χ1v) is 9.24. The molecule has 1 saturated heterocycles. The molecule has 1 aliphatic rings. The number of anilines is 1. The molecular formula is C20H23ClFN3O2. The second-order valence-corrected chi connectivity index (χ2v) is 6.99. The number of rotatable bonds is 6. The third-order valence-electron chi connectivity index (χ3n) is 4.58. The Hall–Kier alpha value is -2.15. The summed E-state index contributed by atoms with van der Waals surface area (Å²) in [6, 6.07) is 12.2. The second kappa shape index (κ2) is 9.17. The van der Waals surface area contributed by atoms with E-state index in [1.165, 1.54) is 23.8 Å². The first kappa shape index (κ1) is 19.6. The van der Waals surface area contributed by atoms with Gasteiger partial charge in [0.25, 0.3) is 0 Å². The average Bonchev–Trinajstić information content (AvgIpc) is 2.66. The van der Waals surface area contributed by atoms with Gasteiger partial charge in [0.1, 0.15) is 11.6 Å². The van der Waals surface area contributed by atoms with E-state index in [-0.39, 0.29) is 10.9 Å². The van der Waals surface area contributed by atoms with E-state index in [4.69, 9.17) is 16.3 Å². The van der Waals surface area contributed by atoms with E-state index in [1.807, 2.05) is 18.2 Å². The molecule has 0 unspecified atom stereocenters. The SMILES string of the molecule is COc1cccc(CN2CCN(CC(=O)Nc3ccc(F)c(Cl)c3)CC2)c1. The topological polar surface area (TPSA) is 44.8 Å². The van der Waals surface area contributed by atoms with Crippen molar-refractivity contribution in [1.29, 1.82) is 0 Å². The van der Waals surface area contributed by atoms with Crippen LogP contribution in [0.1, 0.15) is 5.56 Å². The molecule has 0 atom stereocenters. The largest absolute Gasteiger partial charge is 0.497 e. The monoisotopic (exact) mass is 391 g/mol. The molecule has 2 aromatic rings. The molecular weight excluding hydrogens is 369 g/mol. The van der Waals surface area contributed by atoms with Crippen LogP contribution in [0.2, 0.25) is 5.02 Å². The molecule has 0 bridgehead atoms. The summed E-state index contributed by atoms with van der Waals surface area (Å²) in [4.78, 5) is 16.7. The molecule has 5 nitrogen and oxygen atoms in total. The van der Waals surface area contributed by atoms with Gasteiger partial charge in [0.15, 0.2) is 0 Å². The molecule has 1 amide bonds. The van der Waals surface area contributed by atoms with Crippen molar-refractivity contribution in [2.75, 3.05) is 45.2 Å². The van der Waals surface area contributed by atoms with Crippen molar-refractivity contribution in [2.45, 2.75) is 6.54 Å². The number of carbonyl (C=O) groups is 1. The van der Waals surface area contributed by atoms with Gasteiger partial charge in [-0.05, 0) is 35.9 Å². The predicted octanol–water partition coefficient (Wildman–Crippen LogP) is 3.24. The molecule has 7 heteroatoms. The molecule has 1 aliphatic heterocycles. The number of benzene rings is 2. The maximum absolute atomic E-state index is 13.2. The van der Waals surface area contributed by atoms with Crippen LogP contribution in [0.15, 0.2) is 42.5 Å². The summed E-state index contributed by atoms with van der Waals surface area (Å²) < 4.78 is 18.4. The number of halogens is 2. The number of methoxy groups -OCH3 is 1. The Bertz CT molecular complexity index is 795. The molecule has 0 saturated carbocycles. The summed E-state index contributed by atoms with van der Waals surface area (Å²) in [6.45, 7) is 4.61. The molecule has 144 valence electrons. The Morgan fingerprint density at radius 2 is 1.89 bits per heavy atom. The summed E-state index contributed by atoms with van der Waals surface area (Å²) in [6.07, 6.45) is 0. The van der Waals surface area contributed by atoms with Crippen molar-refractivity contribution < 1.29 is 13.9 Å². The quantitative estimate of drug-likeness (QED) is 0.821. The highest BCUT2D eigenvalue weighted by molar-refractivity contribution is 6.31. The predicted molar refractivity (Wildman–Crippen MR) is 105 cm³/mol. The van der Waals surface area contributed by atoms with Gasteiger partial charge < -0.3 is 10.1 Å². The number of amides is 1. The van der Waals surface area contributed by atoms with E-state index in [1.54, 1.807) is 7.11 Å². The minimum atomic E-state index is -0.498. The van der Waals surface area contributed by atoms with Gasteiger partial charge in [0.2, 0.25) is 5.91 Å². The lowest BCUT2D eigenvalue weighted by Crippen LogP contribution is -2.48. The van der Waals surface area contributed by atoms with Crippen molar-refractivity contribution in [2.24, 2.45) is 0 Å². The normalized spacial score (nSPS) is 15.5. The third-order valence-corrected chi connectivity index (χ3v) is 4.87. The summed E-state index contributed by atoms with van der Waals surface area (Å²) in [5, 5.41) is 2.76. The zero-order chi connectivity index (χ0) is 19.2. The van der Waals surface area contributed by atoms with Crippen LogP contribution in [-0.2, 0) is 11.3 Å². The number of nitrogens with one attached hydrogen (secondary N) is 1. The summed E-state index contributed by atoms with van der Waals surface area (Å²) in [5.74, 6) is 0.240. The average molecular weight is 392 g/mol. The van der Waals surface area contributed by atoms with Gasteiger partial charge in [-0.15, -0.1) is 0 Å². The number of nitrogens with zero attached hydrogens (tertiary/aromatic N) is 2.